The molecule has 2 aromatic rings. The molecule has 4 rings (SSSR count). The minimum Gasteiger partial charge on any atom is -0.306 e. The summed E-state index contributed by atoms with van der Waals surface area (Å²) in [6.45, 7) is 3.89. The highest BCUT2D eigenvalue weighted by atomic mass is 16.6. The van der Waals surface area contributed by atoms with Gasteiger partial charge in [-0.25, -0.2) is 0 Å². The van der Waals surface area contributed by atoms with Crippen LogP contribution < -0.4 is 0 Å². The number of hydrogen-bond acceptors (Lipinski definition) is 6. The van der Waals surface area contributed by atoms with Crippen LogP contribution in [0.5, 0.6) is 0 Å². The number of nitro groups is 2. The summed E-state index contributed by atoms with van der Waals surface area (Å²) in [5.41, 5.74) is 4.93. The zero-order chi connectivity index (χ0) is 21.7. The molecular weight excluding hydrogens is 384 g/mol. The van der Waals surface area contributed by atoms with Crippen LogP contribution in [0, 0.1) is 20.2 Å². The smallest absolute Gasteiger partial charge is 0.272 e. The van der Waals surface area contributed by atoms with Gasteiger partial charge in [-0.15, -0.1) is 0 Å². The molecule has 0 fully saturated rings. The number of benzene rings is 2. The van der Waals surface area contributed by atoms with Crippen LogP contribution in [0.4, 0.5) is 11.4 Å². The molecule has 2 aliphatic heterocycles. The SMILES string of the molecule is CN1CCc2ccc([N+](=O)[O-])cc2CC1.CN1CCc2cccc([N+](=O)[O-])c2CC1. The molecule has 0 saturated carbocycles. The lowest BCUT2D eigenvalue weighted by molar-refractivity contribution is -0.385. The third-order valence-corrected chi connectivity index (χ3v) is 5.88. The van der Waals surface area contributed by atoms with Crippen LogP contribution in [0.2, 0.25) is 0 Å². The number of nitrogens with zero attached hydrogens (tertiary/aromatic N) is 4. The number of rotatable bonds is 2. The second kappa shape index (κ2) is 9.77. The summed E-state index contributed by atoms with van der Waals surface area (Å²) in [6, 6.07) is 10.6. The fraction of sp³-hybridized carbons (Fsp3) is 0.455. The Balaban J connectivity index is 0.000000171. The summed E-state index contributed by atoms with van der Waals surface area (Å²) >= 11 is 0. The summed E-state index contributed by atoms with van der Waals surface area (Å²) in [5, 5.41) is 21.5. The van der Waals surface area contributed by atoms with Crippen molar-refractivity contribution in [1.29, 1.82) is 0 Å². The standard InChI is InChI=1S/2C11H14N2O2/c1-12-6-4-9-2-3-11(13(14)15)8-10(9)5-7-12;1-12-7-5-9-3-2-4-11(13(14)15)10(9)6-8-12/h2-3,8H,4-7H2,1H3;2-4H,5-8H2,1H3. The summed E-state index contributed by atoms with van der Waals surface area (Å²) < 4.78 is 0. The van der Waals surface area contributed by atoms with Gasteiger partial charge < -0.3 is 9.80 Å². The van der Waals surface area contributed by atoms with Crippen LogP contribution in [0.15, 0.2) is 36.4 Å². The molecule has 0 bridgehead atoms. The Morgan fingerprint density at radius 2 is 1.33 bits per heavy atom. The molecule has 0 spiro atoms. The van der Waals surface area contributed by atoms with Gasteiger partial charge in [0.15, 0.2) is 0 Å². The number of hydrogen-bond donors (Lipinski definition) is 0. The molecule has 0 radical (unpaired) electrons. The molecule has 0 N–H and O–H groups in total. The topological polar surface area (TPSA) is 92.8 Å². The normalized spacial score (nSPS) is 16.9. The van der Waals surface area contributed by atoms with Crippen LogP contribution in [0.3, 0.4) is 0 Å². The van der Waals surface area contributed by atoms with E-state index >= 15 is 0 Å². The maximum absolute atomic E-state index is 10.9. The first kappa shape index (κ1) is 21.9. The maximum Gasteiger partial charge on any atom is 0.272 e. The van der Waals surface area contributed by atoms with Gasteiger partial charge in [-0.2, -0.15) is 0 Å². The van der Waals surface area contributed by atoms with E-state index in [4.69, 9.17) is 0 Å². The van der Waals surface area contributed by atoms with E-state index in [1.165, 1.54) is 5.56 Å². The van der Waals surface area contributed by atoms with Crippen LogP contribution >= 0.6 is 0 Å². The Morgan fingerprint density at radius 1 is 0.733 bits per heavy atom. The fourth-order valence-electron chi connectivity index (χ4n) is 3.98. The number of likely N-dealkylation sites (N-methyl/N-ethyl adjacent to an activating group) is 2. The van der Waals surface area contributed by atoms with E-state index in [1.807, 2.05) is 12.1 Å². The second-order valence-electron chi connectivity index (χ2n) is 7.99. The first-order valence-electron chi connectivity index (χ1n) is 10.2. The lowest BCUT2D eigenvalue weighted by Gasteiger charge is -2.10. The highest BCUT2D eigenvalue weighted by Gasteiger charge is 2.20. The number of fused-ring (bicyclic) bond motifs is 2. The maximum atomic E-state index is 10.9. The van der Waals surface area contributed by atoms with Crippen molar-refractivity contribution in [2.75, 3.05) is 40.3 Å². The molecule has 8 nitrogen and oxygen atoms in total. The van der Waals surface area contributed by atoms with Gasteiger partial charge >= 0.3 is 0 Å². The molecule has 0 unspecified atom stereocenters. The first-order chi connectivity index (χ1) is 14.3. The summed E-state index contributed by atoms with van der Waals surface area (Å²) in [7, 11) is 4.14. The predicted octanol–water partition coefficient (Wildman–Crippen LogP) is 3.25. The molecule has 2 heterocycles. The third-order valence-electron chi connectivity index (χ3n) is 5.88. The van der Waals surface area contributed by atoms with Gasteiger partial charge in [0, 0.05) is 49.9 Å². The van der Waals surface area contributed by atoms with E-state index in [2.05, 4.69) is 23.9 Å². The van der Waals surface area contributed by atoms with Crippen LogP contribution in [-0.2, 0) is 25.7 Å². The van der Waals surface area contributed by atoms with Crippen molar-refractivity contribution < 1.29 is 9.85 Å². The highest BCUT2D eigenvalue weighted by molar-refractivity contribution is 5.46. The van der Waals surface area contributed by atoms with Crippen molar-refractivity contribution in [2.45, 2.75) is 25.7 Å². The second-order valence-corrected chi connectivity index (χ2v) is 7.99. The van der Waals surface area contributed by atoms with Crippen molar-refractivity contribution in [3.05, 3.63) is 78.9 Å². The zero-order valence-electron chi connectivity index (χ0n) is 17.5. The molecule has 0 atom stereocenters. The molecular formula is C22H28N4O4. The van der Waals surface area contributed by atoms with E-state index < -0.39 is 0 Å². The third kappa shape index (κ3) is 5.40. The average Bonchev–Trinajstić information content (AvgIpc) is 3.04. The van der Waals surface area contributed by atoms with E-state index in [0.717, 1.165) is 68.6 Å². The van der Waals surface area contributed by atoms with Crippen molar-refractivity contribution in [2.24, 2.45) is 0 Å². The molecule has 0 aromatic heterocycles. The van der Waals surface area contributed by atoms with Crippen LogP contribution in [-0.4, -0.2) is 59.9 Å². The quantitative estimate of drug-likeness (QED) is 0.555. The summed E-state index contributed by atoms with van der Waals surface area (Å²) in [4.78, 5) is 25.4. The molecule has 2 aliphatic rings. The van der Waals surface area contributed by atoms with E-state index in [0.29, 0.717) is 0 Å². The summed E-state index contributed by atoms with van der Waals surface area (Å²) in [6.07, 6.45) is 3.59. The van der Waals surface area contributed by atoms with E-state index in [-0.39, 0.29) is 21.2 Å². The molecule has 8 heteroatoms. The molecule has 0 aliphatic carbocycles. The van der Waals surface area contributed by atoms with Crippen molar-refractivity contribution >= 4 is 11.4 Å². The zero-order valence-corrected chi connectivity index (χ0v) is 17.5. The molecule has 2 aromatic carbocycles. The van der Waals surface area contributed by atoms with E-state index in [9.17, 15) is 20.2 Å². The Kier molecular flexibility index (Phi) is 7.12. The fourth-order valence-corrected chi connectivity index (χ4v) is 3.98. The Morgan fingerprint density at radius 3 is 1.97 bits per heavy atom. The Bertz CT molecular complexity index is 929. The number of nitro benzene ring substituents is 2. The van der Waals surface area contributed by atoms with Crippen molar-refractivity contribution in [1.82, 2.24) is 9.80 Å². The molecule has 30 heavy (non-hydrogen) atoms. The van der Waals surface area contributed by atoms with Gasteiger partial charge in [-0.3, -0.25) is 20.2 Å². The van der Waals surface area contributed by atoms with Gasteiger partial charge in [0.05, 0.1) is 9.85 Å². The highest BCUT2D eigenvalue weighted by Crippen LogP contribution is 2.25. The van der Waals surface area contributed by atoms with Gasteiger partial charge in [0.2, 0.25) is 0 Å². The first-order valence-corrected chi connectivity index (χ1v) is 10.2. The Labute approximate surface area is 176 Å². The molecule has 0 saturated heterocycles. The van der Waals surface area contributed by atoms with E-state index in [1.54, 1.807) is 24.3 Å². The minimum atomic E-state index is -0.325. The Hall–Kier alpha value is -2.84. The monoisotopic (exact) mass is 412 g/mol. The van der Waals surface area contributed by atoms with Crippen LogP contribution in [0.1, 0.15) is 22.3 Å². The largest absolute Gasteiger partial charge is 0.306 e. The lowest BCUT2D eigenvalue weighted by Crippen LogP contribution is -2.20. The average molecular weight is 412 g/mol. The predicted molar refractivity (Wildman–Crippen MR) is 116 cm³/mol. The molecule has 0 amide bonds. The number of non-ortho nitro benzene ring substituents is 1. The minimum absolute atomic E-state index is 0.207. The van der Waals surface area contributed by atoms with Gasteiger partial charge in [0.1, 0.15) is 0 Å². The van der Waals surface area contributed by atoms with Crippen molar-refractivity contribution in [3.8, 4) is 0 Å². The van der Waals surface area contributed by atoms with Gasteiger partial charge in [-0.1, -0.05) is 18.2 Å². The summed E-state index contributed by atoms with van der Waals surface area (Å²) in [5.74, 6) is 0. The molecule has 160 valence electrons. The van der Waals surface area contributed by atoms with Crippen molar-refractivity contribution in [3.63, 3.8) is 0 Å². The lowest BCUT2D eigenvalue weighted by atomic mass is 10.0. The van der Waals surface area contributed by atoms with Gasteiger partial charge in [0.25, 0.3) is 11.4 Å². The van der Waals surface area contributed by atoms with Gasteiger partial charge in [-0.05, 0) is 56.5 Å². The van der Waals surface area contributed by atoms with Crippen LogP contribution in [0.25, 0.3) is 0 Å².